The highest BCUT2D eigenvalue weighted by Gasteiger charge is 2.26. The number of thioether (sulfide) groups is 1. The second kappa shape index (κ2) is 5.13. The number of benzene rings is 2. The molecule has 2 nitrogen and oxygen atoms in total. The van der Waals surface area contributed by atoms with Crippen molar-refractivity contribution in [1.82, 2.24) is 0 Å². The quantitative estimate of drug-likeness (QED) is 0.775. The number of methoxy groups -OCH3 is 1. The van der Waals surface area contributed by atoms with Crippen molar-refractivity contribution in [3.63, 3.8) is 0 Å². The van der Waals surface area contributed by atoms with Crippen molar-refractivity contribution in [3.8, 4) is 5.75 Å². The van der Waals surface area contributed by atoms with Crippen LogP contribution in [0.15, 0.2) is 52.3 Å². The van der Waals surface area contributed by atoms with Gasteiger partial charge in [0.1, 0.15) is 11.6 Å². The molecular weight excluding hydrogens is 275 g/mol. The fraction of sp³-hybridized carbons (Fsp3) is 0.0625. The van der Waals surface area contributed by atoms with E-state index >= 15 is 0 Å². The summed E-state index contributed by atoms with van der Waals surface area (Å²) < 4.78 is 18.3. The third kappa shape index (κ3) is 2.34. The van der Waals surface area contributed by atoms with Crippen molar-refractivity contribution in [2.75, 3.05) is 7.11 Å². The topological polar surface area (TPSA) is 26.3 Å². The van der Waals surface area contributed by atoms with Crippen LogP contribution in [0.1, 0.15) is 15.9 Å². The average Bonchev–Trinajstić information content (AvgIpc) is 2.76. The van der Waals surface area contributed by atoms with Crippen LogP contribution in [0.5, 0.6) is 5.75 Å². The van der Waals surface area contributed by atoms with Gasteiger partial charge in [0.2, 0.25) is 5.78 Å². The lowest BCUT2D eigenvalue weighted by Gasteiger charge is -2.00. The van der Waals surface area contributed by atoms with Gasteiger partial charge in [0, 0.05) is 10.5 Å². The molecule has 1 aliphatic heterocycles. The second-order valence-electron chi connectivity index (χ2n) is 4.35. The van der Waals surface area contributed by atoms with E-state index < -0.39 is 0 Å². The third-order valence-corrected chi connectivity index (χ3v) is 4.14. The van der Waals surface area contributed by atoms with Gasteiger partial charge in [0.25, 0.3) is 0 Å². The first-order valence-corrected chi connectivity index (χ1v) is 6.87. The number of Topliss-reactive ketones (excluding diaryl/α,β-unsaturated/α-hetero) is 1. The Morgan fingerprint density at radius 2 is 1.90 bits per heavy atom. The first kappa shape index (κ1) is 12.9. The fourth-order valence-electron chi connectivity index (χ4n) is 2.01. The van der Waals surface area contributed by atoms with E-state index in [0.717, 1.165) is 16.2 Å². The maximum absolute atomic E-state index is 13.2. The zero-order valence-corrected chi connectivity index (χ0v) is 11.5. The molecule has 0 fully saturated rings. The van der Waals surface area contributed by atoms with Gasteiger partial charge < -0.3 is 4.74 Å². The van der Waals surface area contributed by atoms with Crippen molar-refractivity contribution in [1.29, 1.82) is 0 Å². The molecule has 0 saturated carbocycles. The minimum atomic E-state index is -0.386. The summed E-state index contributed by atoms with van der Waals surface area (Å²) in [5.41, 5.74) is 1.35. The van der Waals surface area contributed by atoms with Crippen LogP contribution >= 0.6 is 11.8 Å². The van der Waals surface area contributed by atoms with E-state index in [4.69, 9.17) is 4.74 Å². The summed E-state index contributed by atoms with van der Waals surface area (Å²) in [6.45, 7) is 0. The molecule has 20 heavy (non-hydrogen) atoms. The molecule has 2 aromatic rings. The molecule has 0 atom stereocenters. The molecular formula is C16H11FO2S. The number of hydrogen-bond donors (Lipinski definition) is 0. The van der Waals surface area contributed by atoms with Gasteiger partial charge in [0.05, 0.1) is 12.0 Å². The van der Waals surface area contributed by atoms with Gasteiger partial charge in [-0.1, -0.05) is 23.9 Å². The normalized spacial score (nSPS) is 15.5. The first-order valence-electron chi connectivity index (χ1n) is 6.05. The Morgan fingerprint density at radius 1 is 1.15 bits per heavy atom. The van der Waals surface area contributed by atoms with Crippen LogP contribution in [0.2, 0.25) is 0 Å². The maximum Gasteiger partial charge on any atom is 0.200 e. The number of rotatable bonds is 2. The van der Waals surface area contributed by atoms with Crippen LogP contribution < -0.4 is 4.74 Å². The van der Waals surface area contributed by atoms with Gasteiger partial charge in [-0.15, -0.1) is 0 Å². The van der Waals surface area contributed by atoms with E-state index in [-0.39, 0.29) is 11.6 Å². The smallest absolute Gasteiger partial charge is 0.200 e. The fourth-order valence-corrected chi connectivity index (χ4v) is 3.04. The Morgan fingerprint density at radius 3 is 2.60 bits per heavy atom. The van der Waals surface area contributed by atoms with Crippen LogP contribution in [0.4, 0.5) is 4.39 Å². The number of fused-ring (bicyclic) bond motifs is 1. The highest BCUT2D eigenvalue weighted by atomic mass is 32.2. The lowest BCUT2D eigenvalue weighted by Crippen LogP contribution is -1.94. The summed E-state index contributed by atoms with van der Waals surface area (Å²) in [6.07, 6.45) is 1.81. The molecule has 4 heteroatoms. The summed E-state index contributed by atoms with van der Waals surface area (Å²) in [5.74, 6) is 0.256. The van der Waals surface area contributed by atoms with Gasteiger partial charge in [-0.3, -0.25) is 4.79 Å². The van der Waals surface area contributed by atoms with E-state index in [1.54, 1.807) is 13.2 Å². The standard InChI is InChI=1S/C16H11FO2S/c1-19-12-5-2-10(3-6-12)8-15-16(18)13-9-11(17)4-7-14(13)20-15/h2-9H,1H3/b15-8-. The lowest BCUT2D eigenvalue weighted by atomic mass is 10.1. The largest absolute Gasteiger partial charge is 0.497 e. The Balaban J connectivity index is 1.92. The third-order valence-electron chi connectivity index (χ3n) is 3.04. The Hall–Kier alpha value is -2.07. The van der Waals surface area contributed by atoms with E-state index in [9.17, 15) is 9.18 Å². The molecule has 0 spiro atoms. The van der Waals surface area contributed by atoms with E-state index in [1.165, 1.54) is 23.9 Å². The summed E-state index contributed by atoms with van der Waals surface area (Å²) >= 11 is 1.37. The van der Waals surface area contributed by atoms with Crippen molar-refractivity contribution in [2.45, 2.75) is 4.90 Å². The predicted molar refractivity (Wildman–Crippen MR) is 77.6 cm³/mol. The van der Waals surface area contributed by atoms with Crippen molar-refractivity contribution in [2.24, 2.45) is 0 Å². The van der Waals surface area contributed by atoms with Crippen molar-refractivity contribution >= 4 is 23.6 Å². The van der Waals surface area contributed by atoms with Gasteiger partial charge in [-0.2, -0.15) is 0 Å². The lowest BCUT2D eigenvalue weighted by molar-refractivity contribution is 0.104. The van der Waals surface area contributed by atoms with Gasteiger partial charge in [0.15, 0.2) is 0 Å². The monoisotopic (exact) mass is 286 g/mol. The van der Waals surface area contributed by atoms with Crippen LogP contribution in [-0.2, 0) is 0 Å². The van der Waals surface area contributed by atoms with Crippen molar-refractivity contribution in [3.05, 3.63) is 64.3 Å². The molecule has 0 amide bonds. The van der Waals surface area contributed by atoms with Crippen LogP contribution in [0.3, 0.4) is 0 Å². The highest BCUT2D eigenvalue weighted by molar-refractivity contribution is 8.04. The summed E-state index contributed by atoms with van der Waals surface area (Å²) in [7, 11) is 1.61. The average molecular weight is 286 g/mol. The van der Waals surface area contributed by atoms with E-state index in [0.29, 0.717) is 10.5 Å². The summed E-state index contributed by atoms with van der Waals surface area (Å²) in [4.78, 5) is 13.6. The van der Waals surface area contributed by atoms with Crippen LogP contribution in [0, 0.1) is 5.82 Å². The number of carbonyl (C=O) groups is 1. The molecule has 0 aliphatic carbocycles. The Kier molecular flexibility index (Phi) is 3.32. The minimum Gasteiger partial charge on any atom is -0.497 e. The zero-order chi connectivity index (χ0) is 14.1. The molecule has 0 radical (unpaired) electrons. The number of ether oxygens (including phenoxy) is 1. The zero-order valence-electron chi connectivity index (χ0n) is 10.7. The maximum atomic E-state index is 13.2. The summed E-state index contributed by atoms with van der Waals surface area (Å²) in [5, 5.41) is 0. The molecule has 0 bridgehead atoms. The molecule has 100 valence electrons. The SMILES string of the molecule is COc1ccc(/C=C2\Sc3ccc(F)cc3C2=O)cc1. The number of halogens is 1. The Labute approximate surface area is 120 Å². The number of allylic oxidation sites excluding steroid dienone is 1. The molecule has 0 saturated heterocycles. The second-order valence-corrected chi connectivity index (χ2v) is 5.44. The number of ketones is 1. The first-order chi connectivity index (χ1) is 9.67. The molecule has 3 rings (SSSR count). The predicted octanol–water partition coefficient (Wildman–Crippen LogP) is 4.16. The Bertz CT molecular complexity index is 705. The number of hydrogen-bond acceptors (Lipinski definition) is 3. The van der Waals surface area contributed by atoms with Crippen LogP contribution in [0.25, 0.3) is 6.08 Å². The van der Waals surface area contributed by atoms with Crippen molar-refractivity contribution < 1.29 is 13.9 Å². The minimum absolute atomic E-state index is 0.125. The van der Waals surface area contributed by atoms with E-state index in [1.807, 2.05) is 30.3 Å². The van der Waals surface area contributed by atoms with E-state index in [2.05, 4.69) is 0 Å². The van der Waals surface area contributed by atoms with Gasteiger partial charge >= 0.3 is 0 Å². The molecule has 0 N–H and O–H groups in total. The molecule has 1 heterocycles. The molecule has 0 aromatic heterocycles. The van der Waals surface area contributed by atoms with Gasteiger partial charge in [-0.25, -0.2) is 4.39 Å². The van der Waals surface area contributed by atoms with Crippen LogP contribution in [-0.4, -0.2) is 12.9 Å². The molecule has 0 unspecified atom stereocenters. The highest BCUT2D eigenvalue weighted by Crippen LogP contribution is 2.41. The molecule has 2 aromatic carbocycles. The summed E-state index contributed by atoms with van der Waals surface area (Å²) in [6, 6.07) is 11.7. The number of carbonyl (C=O) groups excluding carboxylic acids is 1. The molecule has 1 aliphatic rings. The van der Waals surface area contributed by atoms with Gasteiger partial charge in [-0.05, 0) is 42.0 Å².